The van der Waals surface area contributed by atoms with Crippen LogP contribution < -0.4 is 10.5 Å². The lowest BCUT2D eigenvalue weighted by molar-refractivity contribution is -0.130. The summed E-state index contributed by atoms with van der Waals surface area (Å²) in [7, 11) is 3.38. The Kier molecular flexibility index (Phi) is 6.61. The van der Waals surface area contributed by atoms with E-state index in [-0.39, 0.29) is 30.9 Å². The molecule has 1 amide bonds. The number of nitrogens with zero attached hydrogens (tertiary/aromatic N) is 1. The van der Waals surface area contributed by atoms with E-state index in [0.29, 0.717) is 0 Å². The molecule has 0 bridgehead atoms. The van der Waals surface area contributed by atoms with E-state index in [1.54, 1.807) is 19.1 Å². The molecule has 1 aromatic rings. The number of carbonyl (C=O) groups excluding carboxylic acids is 1. The minimum atomic E-state index is -0.0664. The fourth-order valence-electron chi connectivity index (χ4n) is 1.47. The number of hydrogen-bond acceptors (Lipinski definition) is 3. The van der Waals surface area contributed by atoms with Crippen molar-refractivity contribution in [2.75, 3.05) is 20.7 Å². The van der Waals surface area contributed by atoms with E-state index >= 15 is 0 Å². The summed E-state index contributed by atoms with van der Waals surface area (Å²) in [5.41, 5.74) is 6.38. The summed E-state index contributed by atoms with van der Waals surface area (Å²) in [6.45, 7) is 2.01. The molecule has 0 radical (unpaired) electrons. The predicted molar refractivity (Wildman–Crippen MR) is 70.5 cm³/mol. The maximum absolute atomic E-state index is 11.4. The van der Waals surface area contributed by atoms with Gasteiger partial charge in [-0.3, -0.25) is 4.79 Å². The lowest BCUT2D eigenvalue weighted by Crippen LogP contribution is -2.34. The molecule has 0 aliphatic rings. The molecule has 2 N–H and O–H groups in total. The van der Waals surface area contributed by atoms with Crippen molar-refractivity contribution in [1.29, 1.82) is 0 Å². The van der Waals surface area contributed by atoms with Crippen LogP contribution in [0, 0.1) is 0 Å². The molecular formula is C12H19ClN2O2. The van der Waals surface area contributed by atoms with E-state index in [0.717, 1.165) is 11.3 Å². The molecule has 4 nitrogen and oxygen atoms in total. The van der Waals surface area contributed by atoms with Crippen molar-refractivity contribution in [2.24, 2.45) is 5.73 Å². The van der Waals surface area contributed by atoms with Gasteiger partial charge in [-0.25, -0.2) is 0 Å². The number of hydrogen-bond donors (Lipinski definition) is 1. The van der Waals surface area contributed by atoms with Crippen molar-refractivity contribution in [3.05, 3.63) is 29.8 Å². The van der Waals surface area contributed by atoms with E-state index in [9.17, 15) is 4.79 Å². The van der Waals surface area contributed by atoms with Gasteiger partial charge in [0.2, 0.25) is 5.91 Å². The average Bonchev–Trinajstić information content (AvgIpc) is 2.36. The third kappa shape index (κ3) is 3.91. The van der Waals surface area contributed by atoms with Gasteiger partial charge < -0.3 is 15.4 Å². The van der Waals surface area contributed by atoms with Gasteiger partial charge in [-0.2, -0.15) is 0 Å². The predicted octanol–water partition coefficient (Wildman–Crippen LogP) is 1.60. The SMILES string of the molecule is COc1ccc(C(C)N(C)C(=O)CN)cc1.Cl. The highest BCUT2D eigenvalue weighted by Gasteiger charge is 2.15. The third-order valence-electron chi connectivity index (χ3n) is 2.75. The molecule has 1 rings (SSSR count). The first kappa shape index (κ1) is 15.7. The topological polar surface area (TPSA) is 55.6 Å². The first-order chi connectivity index (χ1) is 7.60. The van der Waals surface area contributed by atoms with Crippen LogP contribution in [-0.2, 0) is 4.79 Å². The molecule has 96 valence electrons. The van der Waals surface area contributed by atoms with E-state index < -0.39 is 0 Å². The summed E-state index contributed by atoms with van der Waals surface area (Å²) in [5.74, 6) is 0.743. The first-order valence-electron chi connectivity index (χ1n) is 5.19. The zero-order valence-electron chi connectivity index (χ0n) is 10.3. The van der Waals surface area contributed by atoms with E-state index in [2.05, 4.69) is 0 Å². The van der Waals surface area contributed by atoms with Crippen LogP contribution in [0.1, 0.15) is 18.5 Å². The van der Waals surface area contributed by atoms with Gasteiger partial charge in [0.15, 0.2) is 0 Å². The Labute approximate surface area is 108 Å². The zero-order valence-corrected chi connectivity index (χ0v) is 11.2. The van der Waals surface area contributed by atoms with Gasteiger partial charge in [0.05, 0.1) is 19.7 Å². The van der Waals surface area contributed by atoms with Gasteiger partial charge in [0.25, 0.3) is 0 Å². The Morgan fingerprint density at radius 2 is 1.94 bits per heavy atom. The van der Waals surface area contributed by atoms with Crippen molar-refractivity contribution in [3.63, 3.8) is 0 Å². The highest BCUT2D eigenvalue weighted by Crippen LogP contribution is 2.21. The molecule has 0 saturated heterocycles. The Hall–Kier alpha value is -1.26. The van der Waals surface area contributed by atoms with Crippen LogP contribution >= 0.6 is 12.4 Å². The van der Waals surface area contributed by atoms with Crippen molar-refractivity contribution in [3.8, 4) is 5.75 Å². The summed E-state index contributed by atoms with van der Waals surface area (Å²) in [5, 5.41) is 0. The minimum Gasteiger partial charge on any atom is -0.497 e. The molecule has 1 unspecified atom stereocenters. The maximum atomic E-state index is 11.4. The largest absolute Gasteiger partial charge is 0.497 e. The molecule has 1 atom stereocenters. The van der Waals surface area contributed by atoms with Crippen LogP contribution in [0.5, 0.6) is 5.75 Å². The Balaban J connectivity index is 0.00000256. The molecule has 5 heteroatoms. The minimum absolute atomic E-state index is 0. The van der Waals surface area contributed by atoms with E-state index in [1.807, 2.05) is 31.2 Å². The highest BCUT2D eigenvalue weighted by molar-refractivity contribution is 5.85. The second-order valence-corrected chi connectivity index (χ2v) is 3.66. The van der Waals surface area contributed by atoms with E-state index in [1.165, 1.54) is 0 Å². The van der Waals surface area contributed by atoms with Crippen molar-refractivity contribution < 1.29 is 9.53 Å². The van der Waals surface area contributed by atoms with Crippen molar-refractivity contribution >= 4 is 18.3 Å². The molecule has 0 heterocycles. The fraction of sp³-hybridized carbons (Fsp3) is 0.417. The number of methoxy groups -OCH3 is 1. The number of likely N-dealkylation sites (N-methyl/N-ethyl adjacent to an activating group) is 1. The molecule has 1 aromatic carbocycles. The number of nitrogens with two attached hydrogens (primary N) is 1. The van der Waals surface area contributed by atoms with Gasteiger partial charge in [-0.15, -0.1) is 12.4 Å². The van der Waals surface area contributed by atoms with Gasteiger partial charge in [-0.05, 0) is 24.6 Å². The summed E-state index contributed by atoms with van der Waals surface area (Å²) in [6.07, 6.45) is 0. The standard InChI is InChI=1S/C12H18N2O2.ClH/c1-9(14(2)12(15)8-13)10-4-6-11(16-3)7-5-10;/h4-7,9H,8,13H2,1-3H3;1H. The quantitative estimate of drug-likeness (QED) is 0.893. The van der Waals surface area contributed by atoms with Crippen LogP contribution in [0.3, 0.4) is 0 Å². The monoisotopic (exact) mass is 258 g/mol. The molecule has 17 heavy (non-hydrogen) atoms. The summed E-state index contributed by atoms with van der Waals surface area (Å²) in [6, 6.07) is 7.68. The maximum Gasteiger partial charge on any atom is 0.236 e. The molecule has 0 fully saturated rings. The van der Waals surface area contributed by atoms with Crippen LogP contribution in [0.2, 0.25) is 0 Å². The summed E-state index contributed by atoms with van der Waals surface area (Å²) < 4.78 is 5.08. The smallest absolute Gasteiger partial charge is 0.236 e. The van der Waals surface area contributed by atoms with Crippen molar-refractivity contribution in [2.45, 2.75) is 13.0 Å². The van der Waals surface area contributed by atoms with Crippen LogP contribution in [0.4, 0.5) is 0 Å². The molecule has 0 aliphatic heterocycles. The van der Waals surface area contributed by atoms with Gasteiger partial charge in [0.1, 0.15) is 5.75 Å². The molecule has 0 aliphatic carbocycles. The van der Waals surface area contributed by atoms with Gasteiger partial charge >= 0.3 is 0 Å². The summed E-state index contributed by atoms with van der Waals surface area (Å²) >= 11 is 0. The molecular weight excluding hydrogens is 240 g/mol. The highest BCUT2D eigenvalue weighted by atomic mass is 35.5. The summed E-state index contributed by atoms with van der Waals surface area (Å²) in [4.78, 5) is 13.1. The Bertz CT molecular complexity index is 354. The Morgan fingerprint density at radius 3 is 2.35 bits per heavy atom. The number of benzene rings is 1. The number of ether oxygens (including phenoxy) is 1. The zero-order chi connectivity index (χ0) is 12.1. The van der Waals surface area contributed by atoms with Gasteiger partial charge in [-0.1, -0.05) is 12.1 Å². The Morgan fingerprint density at radius 1 is 1.41 bits per heavy atom. The second-order valence-electron chi connectivity index (χ2n) is 3.66. The number of carbonyl (C=O) groups is 1. The average molecular weight is 259 g/mol. The van der Waals surface area contributed by atoms with E-state index in [4.69, 9.17) is 10.5 Å². The van der Waals surface area contributed by atoms with Crippen LogP contribution in [0.15, 0.2) is 24.3 Å². The first-order valence-corrected chi connectivity index (χ1v) is 5.19. The lowest BCUT2D eigenvalue weighted by Gasteiger charge is -2.24. The molecule has 0 aromatic heterocycles. The number of amides is 1. The van der Waals surface area contributed by atoms with Crippen LogP contribution in [0.25, 0.3) is 0 Å². The molecule has 0 spiro atoms. The van der Waals surface area contributed by atoms with Crippen LogP contribution in [-0.4, -0.2) is 31.5 Å². The normalized spacial score (nSPS) is 11.3. The second kappa shape index (κ2) is 7.14. The third-order valence-corrected chi connectivity index (χ3v) is 2.75. The molecule has 0 saturated carbocycles. The van der Waals surface area contributed by atoms with Gasteiger partial charge in [0, 0.05) is 7.05 Å². The lowest BCUT2D eigenvalue weighted by atomic mass is 10.1. The number of rotatable bonds is 4. The van der Waals surface area contributed by atoms with Crippen molar-refractivity contribution in [1.82, 2.24) is 4.90 Å². The number of halogens is 1. The fourth-order valence-corrected chi connectivity index (χ4v) is 1.47.